The molecular weight excluding hydrogens is 871 g/mol. The largest absolute Gasteiger partial charge is 0.478 e. The predicted molar refractivity (Wildman–Crippen MR) is 203 cm³/mol. The molecule has 0 radical (unpaired) electrons. The smallest absolute Gasteiger partial charge is 0.388 e. The Morgan fingerprint density at radius 2 is 1.13 bits per heavy atom. The molecule has 2 unspecified atom stereocenters. The molecule has 2 atom stereocenters. The topological polar surface area (TPSA) is 137 Å². The zero-order valence-corrected chi connectivity index (χ0v) is 32.7. The number of hydrogen-bond acceptors (Lipinski definition) is 8. The van der Waals surface area contributed by atoms with E-state index in [1.165, 1.54) is 19.1 Å². The lowest BCUT2D eigenvalue weighted by molar-refractivity contribution is -0.161. The van der Waals surface area contributed by atoms with Crippen molar-refractivity contribution in [2.45, 2.75) is 58.5 Å². The fraction of sp³-hybridized carbons (Fsp3) is 0.220. The summed E-state index contributed by atoms with van der Waals surface area (Å²) in [6, 6.07) is 9.66. The van der Waals surface area contributed by atoms with E-state index in [1.807, 2.05) is 0 Å². The average Bonchev–Trinajstić information content (AvgIpc) is 3.18. The standard InChI is InChI=1S/C41H28Cl2F8N2O8/c1-3-27-22(13-18-5-7-20(45)15-24(18)43)34(60-40(48)49)31-29(11-9-26(47)33(31)52-27)59-36(39(56)57)35(38(54)55)58-28-10-8-25(46)32-30(28)16(2)21(37(53-32)61-41(50)51)12-17-4-6-19(44)14-23(17)42/h4-11,14-15,35-36,40-41H,3,12-13H2,1-2H3,(H,54,55)(H,56,57). The van der Waals surface area contributed by atoms with Gasteiger partial charge in [0.2, 0.25) is 18.1 Å². The Labute approximate surface area is 349 Å². The van der Waals surface area contributed by atoms with E-state index < -0.39 is 100 Å². The van der Waals surface area contributed by atoms with Crippen LogP contribution in [0.5, 0.6) is 23.1 Å². The molecule has 0 saturated carbocycles. The van der Waals surface area contributed by atoms with Gasteiger partial charge in [0.1, 0.15) is 51.6 Å². The van der Waals surface area contributed by atoms with Gasteiger partial charge in [-0.15, -0.1) is 0 Å². The van der Waals surface area contributed by atoms with Gasteiger partial charge in [-0.1, -0.05) is 42.3 Å². The van der Waals surface area contributed by atoms with E-state index in [1.54, 1.807) is 6.92 Å². The number of carboxylic acid groups (broad SMARTS) is 2. The van der Waals surface area contributed by atoms with Crippen LogP contribution in [-0.4, -0.2) is 57.6 Å². The van der Waals surface area contributed by atoms with Crippen molar-refractivity contribution in [1.82, 2.24) is 9.97 Å². The molecule has 0 aliphatic heterocycles. The van der Waals surface area contributed by atoms with Crippen molar-refractivity contribution >= 4 is 56.9 Å². The monoisotopic (exact) mass is 898 g/mol. The first-order valence-electron chi connectivity index (χ1n) is 17.7. The maximum atomic E-state index is 15.5. The highest BCUT2D eigenvalue weighted by Crippen LogP contribution is 2.43. The predicted octanol–water partition coefficient (Wildman–Crippen LogP) is 10.3. The van der Waals surface area contributed by atoms with Crippen molar-refractivity contribution < 1.29 is 73.9 Å². The van der Waals surface area contributed by atoms with Crippen molar-refractivity contribution in [3.63, 3.8) is 0 Å². The van der Waals surface area contributed by atoms with Crippen molar-refractivity contribution in [1.29, 1.82) is 0 Å². The van der Waals surface area contributed by atoms with Gasteiger partial charge in [0.25, 0.3) is 0 Å². The molecule has 0 saturated heterocycles. The Hall–Kier alpha value is -6.14. The number of fused-ring (bicyclic) bond motifs is 2. The first-order chi connectivity index (χ1) is 28.9. The summed E-state index contributed by atoms with van der Waals surface area (Å²) in [5.41, 5.74) is -1.26. The summed E-state index contributed by atoms with van der Waals surface area (Å²) in [5.74, 6) is -10.5. The van der Waals surface area contributed by atoms with Crippen LogP contribution in [-0.2, 0) is 28.9 Å². The van der Waals surface area contributed by atoms with Crippen LogP contribution in [0.25, 0.3) is 21.8 Å². The summed E-state index contributed by atoms with van der Waals surface area (Å²) >= 11 is 12.4. The summed E-state index contributed by atoms with van der Waals surface area (Å²) in [5, 5.41) is 19.5. The van der Waals surface area contributed by atoms with Crippen LogP contribution in [0.15, 0.2) is 60.7 Å². The Morgan fingerprint density at radius 1 is 0.656 bits per heavy atom. The van der Waals surface area contributed by atoms with Crippen LogP contribution >= 0.6 is 23.2 Å². The first kappa shape index (κ1) is 44.4. The minimum Gasteiger partial charge on any atom is -0.478 e. The molecule has 0 bridgehead atoms. The molecule has 0 fully saturated rings. The summed E-state index contributed by atoms with van der Waals surface area (Å²) in [6.07, 6.45) is -5.89. The zero-order valence-electron chi connectivity index (χ0n) is 31.2. The van der Waals surface area contributed by atoms with Crippen LogP contribution < -0.4 is 18.9 Å². The molecule has 61 heavy (non-hydrogen) atoms. The van der Waals surface area contributed by atoms with E-state index in [-0.39, 0.29) is 68.2 Å². The van der Waals surface area contributed by atoms with Gasteiger partial charge >= 0.3 is 25.2 Å². The van der Waals surface area contributed by atoms with Crippen molar-refractivity contribution in [2.75, 3.05) is 0 Å². The Bertz CT molecular complexity index is 2690. The number of nitrogens with zero attached hydrogens (tertiary/aromatic N) is 2. The SMILES string of the molecule is CCc1nc2c(F)ccc(OC(C(=O)O)C(Oc3ccc(F)c4nc(OC(F)F)c(Cc5ccc(F)cc5Cl)c(C)c34)C(=O)O)c2c(OC(F)F)c1Cc1ccc(F)cc1Cl. The number of alkyl halides is 4. The molecule has 6 rings (SSSR count). The number of aromatic nitrogens is 2. The van der Waals surface area contributed by atoms with Crippen LogP contribution in [0.4, 0.5) is 35.1 Å². The fourth-order valence-corrected chi connectivity index (χ4v) is 7.08. The number of aryl methyl sites for hydroxylation is 2. The maximum absolute atomic E-state index is 15.5. The molecule has 0 aliphatic carbocycles. The Morgan fingerprint density at radius 3 is 1.59 bits per heavy atom. The third kappa shape index (κ3) is 9.44. The number of carboxylic acids is 2. The van der Waals surface area contributed by atoms with Gasteiger partial charge in [0, 0.05) is 45.1 Å². The minimum absolute atomic E-state index is 0.00912. The number of carbonyl (C=O) groups is 2. The molecule has 4 aromatic carbocycles. The van der Waals surface area contributed by atoms with E-state index in [9.17, 15) is 46.1 Å². The van der Waals surface area contributed by atoms with Gasteiger partial charge in [0.15, 0.2) is 0 Å². The normalized spacial score (nSPS) is 12.6. The van der Waals surface area contributed by atoms with E-state index in [4.69, 9.17) is 37.4 Å². The molecule has 2 aromatic heterocycles. The number of pyridine rings is 2. The van der Waals surface area contributed by atoms with Gasteiger partial charge in [-0.2, -0.15) is 17.6 Å². The molecule has 10 nitrogen and oxygen atoms in total. The molecular formula is C41H28Cl2F8N2O8. The molecule has 2 N–H and O–H groups in total. The van der Waals surface area contributed by atoms with Crippen LogP contribution in [0.3, 0.4) is 0 Å². The second-order valence-electron chi connectivity index (χ2n) is 13.1. The number of ether oxygens (including phenoxy) is 4. The number of aliphatic carboxylic acids is 2. The lowest BCUT2D eigenvalue weighted by Gasteiger charge is -2.25. The molecule has 20 heteroatoms. The molecule has 0 amide bonds. The van der Waals surface area contributed by atoms with Crippen LogP contribution in [0.1, 0.15) is 40.4 Å². The molecule has 6 aromatic rings. The highest BCUT2D eigenvalue weighted by molar-refractivity contribution is 6.31. The quantitative estimate of drug-likeness (QED) is 0.0904. The third-order valence-corrected chi connectivity index (χ3v) is 10.1. The van der Waals surface area contributed by atoms with Gasteiger partial charge in [-0.25, -0.2) is 37.1 Å². The lowest BCUT2D eigenvalue weighted by Crippen LogP contribution is -2.47. The van der Waals surface area contributed by atoms with Crippen molar-refractivity contribution in [2.24, 2.45) is 0 Å². The van der Waals surface area contributed by atoms with Crippen molar-refractivity contribution in [3.8, 4) is 23.1 Å². The highest BCUT2D eigenvalue weighted by Gasteiger charge is 2.40. The van der Waals surface area contributed by atoms with E-state index in [2.05, 4.69) is 14.7 Å². The van der Waals surface area contributed by atoms with Crippen molar-refractivity contribution in [3.05, 3.63) is 127 Å². The van der Waals surface area contributed by atoms with Gasteiger partial charge in [-0.3, -0.25) is 0 Å². The fourth-order valence-electron chi connectivity index (χ4n) is 6.61. The lowest BCUT2D eigenvalue weighted by atomic mass is 9.97. The molecule has 320 valence electrons. The molecule has 2 heterocycles. The minimum atomic E-state index is -3.57. The number of halogens is 10. The Balaban J connectivity index is 1.50. The van der Waals surface area contributed by atoms with Gasteiger partial charge < -0.3 is 29.2 Å². The van der Waals surface area contributed by atoms with E-state index in [0.717, 1.165) is 48.5 Å². The summed E-state index contributed by atoms with van der Waals surface area (Å²) in [7, 11) is 0. The summed E-state index contributed by atoms with van der Waals surface area (Å²) in [4.78, 5) is 33.9. The van der Waals surface area contributed by atoms with Crippen LogP contribution in [0.2, 0.25) is 10.0 Å². The first-order valence-corrected chi connectivity index (χ1v) is 18.5. The van der Waals surface area contributed by atoms with E-state index in [0.29, 0.717) is 0 Å². The van der Waals surface area contributed by atoms with Gasteiger partial charge in [-0.05, 0) is 78.6 Å². The highest BCUT2D eigenvalue weighted by atomic mass is 35.5. The maximum Gasteiger partial charge on any atom is 0.388 e. The van der Waals surface area contributed by atoms with Crippen LogP contribution in [0, 0.1) is 30.2 Å². The summed E-state index contributed by atoms with van der Waals surface area (Å²) in [6.45, 7) is -4.19. The number of benzene rings is 4. The zero-order chi connectivity index (χ0) is 44.4. The average molecular weight is 900 g/mol. The second kappa shape index (κ2) is 18.2. The molecule has 0 spiro atoms. The summed E-state index contributed by atoms with van der Waals surface area (Å²) < 4.78 is 135. The number of hydrogen-bond donors (Lipinski definition) is 2. The van der Waals surface area contributed by atoms with Gasteiger partial charge in [0.05, 0.1) is 5.39 Å². The van der Waals surface area contributed by atoms with E-state index >= 15 is 8.78 Å². The number of rotatable bonds is 16. The molecule has 0 aliphatic rings. The third-order valence-electron chi connectivity index (χ3n) is 9.35. The Kier molecular flexibility index (Phi) is 13.3. The second-order valence-corrected chi connectivity index (χ2v) is 13.9.